The van der Waals surface area contributed by atoms with Crippen molar-refractivity contribution in [2.45, 2.75) is 26.2 Å². The highest BCUT2D eigenvalue weighted by molar-refractivity contribution is 6.30. The summed E-state index contributed by atoms with van der Waals surface area (Å²) in [5, 5.41) is 9.53. The zero-order valence-electron chi connectivity index (χ0n) is 9.65. The summed E-state index contributed by atoms with van der Waals surface area (Å²) in [5.41, 5.74) is 0.511. The molecule has 0 bridgehead atoms. The molecular weight excluding hydrogens is 240 g/mol. The van der Waals surface area contributed by atoms with Gasteiger partial charge < -0.3 is 5.11 Å². The van der Waals surface area contributed by atoms with E-state index in [0.29, 0.717) is 17.0 Å². The van der Waals surface area contributed by atoms with Gasteiger partial charge in [0.1, 0.15) is 0 Å². The molecule has 0 radical (unpaired) electrons. The highest BCUT2D eigenvalue weighted by atomic mass is 35.5. The number of hydrogen-bond acceptors (Lipinski definition) is 2. The molecule has 1 aromatic carbocycles. The summed E-state index contributed by atoms with van der Waals surface area (Å²) in [4.78, 5) is 22.8. The third kappa shape index (κ3) is 4.19. The van der Waals surface area contributed by atoms with Crippen molar-refractivity contribution in [1.82, 2.24) is 0 Å². The lowest BCUT2D eigenvalue weighted by Crippen LogP contribution is -2.17. The number of carbonyl (C=O) groups is 2. The Bertz CT molecular complexity index is 398. The molecular formula is C13H15ClO3. The summed E-state index contributed by atoms with van der Waals surface area (Å²) in [6, 6.07) is 6.50. The van der Waals surface area contributed by atoms with Crippen molar-refractivity contribution >= 4 is 23.4 Å². The first kappa shape index (κ1) is 13.7. The molecule has 0 saturated carbocycles. The maximum Gasteiger partial charge on any atom is 0.306 e. The molecule has 0 spiro atoms. The molecule has 0 aliphatic heterocycles. The van der Waals surface area contributed by atoms with Gasteiger partial charge in [-0.25, -0.2) is 0 Å². The zero-order chi connectivity index (χ0) is 12.8. The molecule has 0 aliphatic carbocycles. The van der Waals surface area contributed by atoms with Gasteiger partial charge in [0, 0.05) is 17.0 Å². The molecule has 1 rings (SSSR count). The topological polar surface area (TPSA) is 54.4 Å². The fraction of sp³-hybridized carbons (Fsp3) is 0.385. The SMILES string of the molecule is CCCC(CC(=O)c1ccc(Cl)cc1)C(=O)O. The average molecular weight is 255 g/mol. The Kier molecular flexibility index (Phi) is 5.16. The van der Waals surface area contributed by atoms with Crippen LogP contribution in [-0.4, -0.2) is 16.9 Å². The van der Waals surface area contributed by atoms with Crippen LogP contribution in [0.5, 0.6) is 0 Å². The van der Waals surface area contributed by atoms with E-state index in [0.717, 1.165) is 6.42 Å². The highest BCUT2D eigenvalue weighted by Gasteiger charge is 2.20. The van der Waals surface area contributed by atoms with Crippen LogP contribution in [0.4, 0.5) is 0 Å². The number of Topliss-reactive ketones (excluding diaryl/α,β-unsaturated/α-hetero) is 1. The Hall–Kier alpha value is -1.35. The van der Waals surface area contributed by atoms with Crippen molar-refractivity contribution in [3.8, 4) is 0 Å². The fourth-order valence-electron chi connectivity index (χ4n) is 1.64. The molecule has 17 heavy (non-hydrogen) atoms. The van der Waals surface area contributed by atoms with E-state index in [4.69, 9.17) is 16.7 Å². The molecule has 1 aromatic rings. The maximum atomic E-state index is 11.8. The minimum Gasteiger partial charge on any atom is -0.481 e. The third-order valence-electron chi connectivity index (χ3n) is 2.58. The molecule has 0 heterocycles. The number of hydrogen-bond donors (Lipinski definition) is 1. The van der Waals surface area contributed by atoms with Gasteiger partial charge in [0.05, 0.1) is 5.92 Å². The zero-order valence-corrected chi connectivity index (χ0v) is 10.4. The third-order valence-corrected chi connectivity index (χ3v) is 2.84. The first-order valence-corrected chi connectivity index (χ1v) is 5.94. The number of rotatable bonds is 6. The van der Waals surface area contributed by atoms with Gasteiger partial charge in [-0.05, 0) is 30.7 Å². The second-order valence-corrected chi connectivity index (χ2v) is 4.39. The molecule has 4 heteroatoms. The van der Waals surface area contributed by atoms with Gasteiger partial charge in [0.15, 0.2) is 5.78 Å². The van der Waals surface area contributed by atoms with Crippen LogP contribution in [0.25, 0.3) is 0 Å². The van der Waals surface area contributed by atoms with E-state index in [1.54, 1.807) is 24.3 Å². The normalized spacial score (nSPS) is 12.1. The first-order chi connectivity index (χ1) is 8.04. The van der Waals surface area contributed by atoms with E-state index in [2.05, 4.69) is 0 Å². The fourth-order valence-corrected chi connectivity index (χ4v) is 1.76. The van der Waals surface area contributed by atoms with Crippen LogP contribution in [0.3, 0.4) is 0 Å². The summed E-state index contributed by atoms with van der Waals surface area (Å²) >= 11 is 5.72. The molecule has 92 valence electrons. The van der Waals surface area contributed by atoms with Crippen LogP contribution in [0.2, 0.25) is 5.02 Å². The van der Waals surface area contributed by atoms with E-state index < -0.39 is 11.9 Å². The predicted octanol–water partition coefficient (Wildman–Crippen LogP) is 3.41. The van der Waals surface area contributed by atoms with Gasteiger partial charge in [-0.2, -0.15) is 0 Å². The van der Waals surface area contributed by atoms with E-state index in [-0.39, 0.29) is 12.2 Å². The Balaban J connectivity index is 2.70. The Morgan fingerprint density at radius 2 is 1.88 bits per heavy atom. The van der Waals surface area contributed by atoms with Gasteiger partial charge in [-0.1, -0.05) is 24.9 Å². The van der Waals surface area contributed by atoms with E-state index in [1.165, 1.54) is 0 Å². The smallest absolute Gasteiger partial charge is 0.306 e. The van der Waals surface area contributed by atoms with Crippen molar-refractivity contribution in [2.24, 2.45) is 5.92 Å². The lowest BCUT2D eigenvalue weighted by atomic mass is 9.94. The van der Waals surface area contributed by atoms with E-state index in [1.807, 2.05) is 6.92 Å². The number of carboxylic acid groups (broad SMARTS) is 1. The highest BCUT2D eigenvalue weighted by Crippen LogP contribution is 2.17. The van der Waals surface area contributed by atoms with Gasteiger partial charge in [-0.3, -0.25) is 9.59 Å². The number of ketones is 1. The maximum absolute atomic E-state index is 11.8. The minimum atomic E-state index is -0.908. The molecule has 1 unspecified atom stereocenters. The number of benzene rings is 1. The standard InChI is InChI=1S/C13H15ClO3/c1-2-3-10(13(16)17)8-12(15)9-4-6-11(14)7-5-9/h4-7,10H,2-3,8H2,1H3,(H,16,17). The van der Waals surface area contributed by atoms with Crippen LogP contribution in [0.1, 0.15) is 36.5 Å². The largest absolute Gasteiger partial charge is 0.481 e. The lowest BCUT2D eigenvalue weighted by Gasteiger charge is -2.10. The van der Waals surface area contributed by atoms with Crippen molar-refractivity contribution < 1.29 is 14.7 Å². The van der Waals surface area contributed by atoms with Gasteiger partial charge in [0.25, 0.3) is 0 Å². The minimum absolute atomic E-state index is 0.0464. The predicted molar refractivity (Wildman–Crippen MR) is 66.4 cm³/mol. The second-order valence-electron chi connectivity index (χ2n) is 3.96. The quantitative estimate of drug-likeness (QED) is 0.792. The van der Waals surface area contributed by atoms with Crippen LogP contribution >= 0.6 is 11.6 Å². The molecule has 0 saturated heterocycles. The Morgan fingerprint density at radius 1 is 1.29 bits per heavy atom. The first-order valence-electron chi connectivity index (χ1n) is 5.56. The van der Waals surface area contributed by atoms with E-state index >= 15 is 0 Å². The molecule has 3 nitrogen and oxygen atoms in total. The summed E-state index contributed by atoms with van der Waals surface area (Å²) in [5.74, 6) is -1.65. The lowest BCUT2D eigenvalue weighted by molar-refractivity contribution is -0.141. The van der Waals surface area contributed by atoms with Gasteiger partial charge in [-0.15, -0.1) is 0 Å². The summed E-state index contributed by atoms with van der Waals surface area (Å²) in [6.45, 7) is 1.91. The number of carbonyl (C=O) groups excluding carboxylic acids is 1. The van der Waals surface area contributed by atoms with Crippen LogP contribution < -0.4 is 0 Å². The van der Waals surface area contributed by atoms with E-state index in [9.17, 15) is 9.59 Å². The molecule has 0 amide bonds. The number of carboxylic acids is 1. The van der Waals surface area contributed by atoms with Gasteiger partial charge in [0.2, 0.25) is 0 Å². The van der Waals surface area contributed by atoms with Crippen LogP contribution in [0.15, 0.2) is 24.3 Å². The Morgan fingerprint density at radius 3 is 2.35 bits per heavy atom. The van der Waals surface area contributed by atoms with Crippen LogP contribution in [-0.2, 0) is 4.79 Å². The summed E-state index contributed by atoms with van der Waals surface area (Å²) in [6.07, 6.45) is 1.32. The molecule has 1 atom stereocenters. The summed E-state index contributed by atoms with van der Waals surface area (Å²) < 4.78 is 0. The molecule has 1 N–H and O–H groups in total. The molecule has 0 fully saturated rings. The van der Waals surface area contributed by atoms with Gasteiger partial charge >= 0.3 is 5.97 Å². The monoisotopic (exact) mass is 254 g/mol. The Labute approximate surface area is 105 Å². The van der Waals surface area contributed by atoms with Crippen molar-refractivity contribution in [3.05, 3.63) is 34.9 Å². The average Bonchev–Trinajstić information content (AvgIpc) is 2.29. The molecule has 0 aliphatic rings. The van der Waals surface area contributed by atoms with Crippen LogP contribution in [0, 0.1) is 5.92 Å². The molecule has 0 aromatic heterocycles. The van der Waals surface area contributed by atoms with Crippen molar-refractivity contribution in [3.63, 3.8) is 0 Å². The number of aliphatic carboxylic acids is 1. The second kappa shape index (κ2) is 6.40. The van der Waals surface area contributed by atoms with Crippen molar-refractivity contribution in [1.29, 1.82) is 0 Å². The number of halogens is 1. The summed E-state index contributed by atoms with van der Waals surface area (Å²) in [7, 11) is 0. The van der Waals surface area contributed by atoms with Crippen molar-refractivity contribution in [2.75, 3.05) is 0 Å².